The number of thioether (sulfide) groups is 1. The van der Waals surface area contributed by atoms with Crippen LogP contribution in [0.15, 0.2) is 11.2 Å². The van der Waals surface area contributed by atoms with Crippen LogP contribution >= 0.6 is 23.1 Å². The van der Waals surface area contributed by atoms with Crippen molar-refractivity contribution >= 4 is 29.0 Å². The molecule has 136 valence electrons. The summed E-state index contributed by atoms with van der Waals surface area (Å²) in [5.74, 6) is 1.25. The zero-order valence-corrected chi connectivity index (χ0v) is 17.1. The van der Waals surface area contributed by atoms with Crippen LogP contribution in [0.1, 0.15) is 44.6 Å². The molecule has 2 atom stereocenters. The number of aromatic nitrogens is 3. The molecule has 0 saturated carbocycles. The minimum atomic E-state index is -0.339. The fraction of sp³-hybridized carbons (Fsp3) is 0.611. The number of amides is 1. The van der Waals surface area contributed by atoms with Gasteiger partial charge in [-0.05, 0) is 49.1 Å². The first-order valence-electron chi connectivity index (χ1n) is 8.64. The Morgan fingerprint density at radius 3 is 2.80 bits per heavy atom. The van der Waals surface area contributed by atoms with E-state index in [0.29, 0.717) is 5.41 Å². The molecule has 2 heterocycles. The molecule has 25 heavy (non-hydrogen) atoms. The van der Waals surface area contributed by atoms with Crippen molar-refractivity contribution in [2.45, 2.75) is 57.4 Å². The van der Waals surface area contributed by atoms with Gasteiger partial charge in [-0.1, -0.05) is 32.5 Å². The lowest BCUT2D eigenvalue weighted by Crippen LogP contribution is -2.26. The molecule has 1 amide bonds. The predicted octanol–water partition coefficient (Wildman–Crippen LogP) is 3.66. The van der Waals surface area contributed by atoms with Crippen LogP contribution in [0, 0.1) is 11.3 Å². The highest BCUT2D eigenvalue weighted by Gasteiger charge is 2.30. The first kappa shape index (κ1) is 18.5. The van der Waals surface area contributed by atoms with Gasteiger partial charge in [0.15, 0.2) is 11.0 Å². The van der Waals surface area contributed by atoms with E-state index < -0.39 is 0 Å². The molecule has 0 aromatic carbocycles. The average molecular weight is 379 g/mol. The van der Waals surface area contributed by atoms with Gasteiger partial charge in [0.2, 0.25) is 5.91 Å². The molecule has 0 aliphatic heterocycles. The lowest BCUT2D eigenvalue weighted by molar-refractivity contribution is -0.117. The number of aryl methyl sites for hydroxylation is 1. The molecule has 0 radical (unpaired) electrons. The van der Waals surface area contributed by atoms with E-state index in [4.69, 9.17) is 5.73 Å². The van der Waals surface area contributed by atoms with E-state index in [2.05, 4.69) is 37.0 Å². The normalized spacial score (nSPS) is 18.8. The zero-order valence-electron chi connectivity index (χ0n) is 15.5. The molecular weight excluding hydrogens is 352 g/mol. The highest BCUT2D eigenvalue weighted by atomic mass is 32.2. The van der Waals surface area contributed by atoms with Gasteiger partial charge in [-0.25, -0.2) is 0 Å². The number of hydrogen-bond acceptors (Lipinski definition) is 5. The summed E-state index contributed by atoms with van der Waals surface area (Å²) in [5, 5.41) is 9.01. The maximum Gasteiger partial charge on any atom is 0.230 e. The molecule has 0 saturated heterocycles. The monoisotopic (exact) mass is 378 g/mol. The Balaban J connectivity index is 1.84. The second-order valence-electron chi connectivity index (χ2n) is 7.89. The summed E-state index contributed by atoms with van der Waals surface area (Å²) in [5.41, 5.74) is 7.16. The lowest BCUT2D eigenvalue weighted by atomic mass is 9.72. The third kappa shape index (κ3) is 3.77. The Morgan fingerprint density at radius 1 is 1.44 bits per heavy atom. The Hall–Kier alpha value is -1.34. The summed E-state index contributed by atoms with van der Waals surface area (Å²) < 4.78 is 1.96. The van der Waals surface area contributed by atoms with Crippen LogP contribution in [0.4, 0.5) is 0 Å². The van der Waals surface area contributed by atoms with Gasteiger partial charge in [-0.3, -0.25) is 4.79 Å². The Labute approximate surface area is 157 Å². The quantitative estimate of drug-likeness (QED) is 0.824. The summed E-state index contributed by atoms with van der Waals surface area (Å²) in [4.78, 5) is 13.9. The molecule has 2 aromatic rings. The Kier molecular flexibility index (Phi) is 4.99. The van der Waals surface area contributed by atoms with Crippen molar-refractivity contribution < 1.29 is 4.79 Å². The number of thiophene rings is 1. The molecule has 2 aromatic heterocycles. The van der Waals surface area contributed by atoms with Crippen molar-refractivity contribution in [3.63, 3.8) is 0 Å². The van der Waals surface area contributed by atoms with Gasteiger partial charge in [0.1, 0.15) is 0 Å². The van der Waals surface area contributed by atoms with Gasteiger partial charge in [-0.15, -0.1) is 21.5 Å². The third-order valence-electron chi connectivity index (χ3n) is 5.05. The fourth-order valence-electron chi connectivity index (χ4n) is 3.22. The van der Waals surface area contributed by atoms with Gasteiger partial charge in [0.25, 0.3) is 0 Å². The number of fused-ring (bicyclic) bond motifs is 1. The topological polar surface area (TPSA) is 73.8 Å². The minimum absolute atomic E-state index is 0.320. The summed E-state index contributed by atoms with van der Waals surface area (Å²) in [6.45, 7) is 8.80. The summed E-state index contributed by atoms with van der Waals surface area (Å²) >= 11 is 3.18. The van der Waals surface area contributed by atoms with E-state index in [9.17, 15) is 4.79 Å². The highest BCUT2D eigenvalue weighted by molar-refractivity contribution is 8.00. The first-order chi connectivity index (χ1) is 11.7. The summed E-state index contributed by atoms with van der Waals surface area (Å²) in [7, 11) is 1.95. The summed E-state index contributed by atoms with van der Waals surface area (Å²) in [6.07, 6.45) is 3.56. The lowest BCUT2D eigenvalue weighted by Gasteiger charge is -2.33. The smallest absolute Gasteiger partial charge is 0.230 e. The standard InChI is InChI=1S/C18H26N4OS2/c1-10(15(19)23)24-17-21-20-16(22(17)5)14-9-11-8-12(18(2,3)4)6-7-13(11)25-14/h9-10,12H,6-8H2,1-5H3,(H2,19,23)/t10-,12+/m1/s1. The van der Waals surface area contributed by atoms with Gasteiger partial charge in [-0.2, -0.15) is 0 Å². The van der Waals surface area contributed by atoms with Crippen LogP contribution in [0.2, 0.25) is 0 Å². The number of nitrogens with two attached hydrogens (primary N) is 1. The third-order valence-corrected chi connectivity index (χ3v) is 7.43. The maximum atomic E-state index is 11.3. The molecule has 0 spiro atoms. The number of carbonyl (C=O) groups is 1. The SMILES string of the molecule is C[C@@H](Sc1nnc(-c2cc3c(s2)CC[C@H](C(C)(C)C)C3)n1C)C(N)=O. The van der Waals surface area contributed by atoms with E-state index in [1.807, 2.05) is 23.0 Å². The molecule has 1 aliphatic rings. The van der Waals surface area contributed by atoms with E-state index >= 15 is 0 Å². The van der Waals surface area contributed by atoms with Crippen molar-refractivity contribution in [1.82, 2.24) is 14.8 Å². The molecule has 0 bridgehead atoms. The number of carbonyl (C=O) groups excluding carboxylic acids is 1. The maximum absolute atomic E-state index is 11.3. The number of hydrogen-bond donors (Lipinski definition) is 1. The van der Waals surface area contributed by atoms with Gasteiger partial charge in [0.05, 0.1) is 10.1 Å². The molecule has 7 heteroatoms. The van der Waals surface area contributed by atoms with E-state index in [1.165, 1.54) is 28.6 Å². The van der Waals surface area contributed by atoms with Gasteiger partial charge in [0, 0.05) is 11.9 Å². The molecule has 0 unspecified atom stereocenters. The second-order valence-corrected chi connectivity index (χ2v) is 10.3. The van der Waals surface area contributed by atoms with Crippen LogP contribution in [-0.2, 0) is 24.7 Å². The molecular formula is C18H26N4OS2. The largest absolute Gasteiger partial charge is 0.369 e. The minimum Gasteiger partial charge on any atom is -0.369 e. The van der Waals surface area contributed by atoms with E-state index in [1.54, 1.807) is 6.92 Å². The molecule has 5 nitrogen and oxygen atoms in total. The van der Waals surface area contributed by atoms with E-state index in [0.717, 1.165) is 34.6 Å². The van der Waals surface area contributed by atoms with Crippen LogP contribution in [-0.4, -0.2) is 25.9 Å². The van der Waals surface area contributed by atoms with Crippen molar-refractivity contribution in [2.24, 2.45) is 24.1 Å². The summed E-state index contributed by atoms with van der Waals surface area (Å²) in [6, 6.07) is 2.29. The van der Waals surface area contributed by atoms with Crippen molar-refractivity contribution in [3.05, 3.63) is 16.5 Å². The number of primary amides is 1. The zero-order chi connectivity index (χ0) is 18.4. The van der Waals surface area contributed by atoms with Gasteiger partial charge >= 0.3 is 0 Å². The molecule has 1 aliphatic carbocycles. The number of nitrogens with zero attached hydrogens (tertiary/aromatic N) is 3. The average Bonchev–Trinajstić information content (AvgIpc) is 3.09. The first-order valence-corrected chi connectivity index (χ1v) is 10.3. The Bertz CT molecular complexity index is 788. The molecule has 2 N–H and O–H groups in total. The highest BCUT2D eigenvalue weighted by Crippen LogP contribution is 2.42. The van der Waals surface area contributed by atoms with Crippen LogP contribution in [0.25, 0.3) is 10.7 Å². The molecule has 0 fully saturated rings. The fourth-order valence-corrected chi connectivity index (χ4v) is 5.22. The van der Waals surface area contributed by atoms with Crippen molar-refractivity contribution in [1.29, 1.82) is 0 Å². The van der Waals surface area contributed by atoms with Gasteiger partial charge < -0.3 is 10.3 Å². The number of rotatable bonds is 4. The predicted molar refractivity (Wildman–Crippen MR) is 104 cm³/mol. The van der Waals surface area contributed by atoms with Crippen LogP contribution in [0.5, 0.6) is 0 Å². The van der Waals surface area contributed by atoms with Crippen LogP contribution in [0.3, 0.4) is 0 Å². The second kappa shape index (κ2) is 6.76. The van der Waals surface area contributed by atoms with E-state index in [-0.39, 0.29) is 11.2 Å². The van der Waals surface area contributed by atoms with Crippen molar-refractivity contribution in [3.8, 4) is 10.7 Å². The van der Waals surface area contributed by atoms with Crippen molar-refractivity contribution in [2.75, 3.05) is 0 Å². The van der Waals surface area contributed by atoms with Crippen LogP contribution < -0.4 is 5.73 Å². The Morgan fingerprint density at radius 2 is 2.16 bits per heavy atom. The molecule has 3 rings (SSSR count).